The Labute approximate surface area is 270 Å². The number of hydrogen-bond acceptors (Lipinski definition) is 7. The fourth-order valence-corrected chi connectivity index (χ4v) is 7.21. The van der Waals surface area contributed by atoms with Gasteiger partial charge in [0, 0.05) is 70.7 Å². The Kier molecular flexibility index (Phi) is 7.53. The number of methoxy groups -OCH3 is 2. The van der Waals surface area contributed by atoms with Crippen LogP contribution in [0.5, 0.6) is 11.5 Å². The molecule has 0 amide bonds. The Balaban J connectivity index is 1.41. The van der Waals surface area contributed by atoms with Gasteiger partial charge in [-0.25, -0.2) is 17.4 Å². The van der Waals surface area contributed by atoms with Crippen molar-refractivity contribution in [2.45, 2.75) is 17.9 Å². The maximum atomic E-state index is 14.1. The first kappa shape index (κ1) is 29.9. The van der Waals surface area contributed by atoms with Gasteiger partial charge in [0.05, 0.1) is 25.7 Å². The maximum Gasteiger partial charge on any atom is 0.275 e. The predicted molar refractivity (Wildman–Crippen MR) is 182 cm³/mol. The average Bonchev–Trinajstić information content (AvgIpc) is 3.72. The fourth-order valence-electron chi connectivity index (χ4n) is 5.87. The molecule has 2 N–H and O–H groups in total. The van der Waals surface area contributed by atoms with Gasteiger partial charge < -0.3 is 24.2 Å². The molecule has 0 atom stereocenters. The monoisotopic (exact) mass is 645 g/mol. The van der Waals surface area contributed by atoms with E-state index in [0.717, 1.165) is 16.8 Å². The van der Waals surface area contributed by atoms with E-state index in [-0.39, 0.29) is 17.0 Å². The molecule has 0 unspecified atom stereocenters. The van der Waals surface area contributed by atoms with Gasteiger partial charge in [0.25, 0.3) is 15.6 Å². The number of pyridine rings is 1. The van der Waals surface area contributed by atoms with E-state index in [1.54, 1.807) is 79.7 Å². The summed E-state index contributed by atoms with van der Waals surface area (Å²) in [4.78, 5) is 18.7. The highest BCUT2D eigenvalue weighted by Gasteiger charge is 2.24. The molecule has 47 heavy (non-hydrogen) atoms. The van der Waals surface area contributed by atoms with E-state index in [4.69, 9.17) is 15.2 Å². The Morgan fingerprint density at radius 1 is 0.851 bits per heavy atom. The summed E-state index contributed by atoms with van der Waals surface area (Å²) in [6.07, 6.45) is 7.38. The van der Waals surface area contributed by atoms with Gasteiger partial charge >= 0.3 is 0 Å². The van der Waals surface area contributed by atoms with Crippen LogP contribution in [0.25, 0.3) is 27.7 Å². The molecule has 0 saturated carbocycles. The van der Waals surface area contributed by atoms with Gasteiger partial charge in [-0.1, -0.05) is 30.3 Å². The van der Waals surface area contributed by atoms with Gasteiger partial charge in [0.1, 0.15) is 17.0 Å². The van der Waals surface area contributed by atoms with Gasteiger partial charge in [-0.15, -0.1) is 0 Å². The summed E-state index contributed by atoms with van der Waals surface area (Å²) in [5.41, 5.74) is 11.1. The van der Waals surface area contributed by atoms with Crippen LogP contribution in [0.4, 0.5) is 5.69 Å². The molecule has 0 saturated heterocycles. The van der Waals surface area contributed by atoms with Crippen molar-refractivity contribution < 1.29 is 17.9 Å². The second kappa shape index (κ2) is 11.8. The number of ether oxygens (including phenoxy) is 2. The molecule has 236 valence electrons. The molecule has 11 heteroatoms. The molecular formula is C36H31N5O5S. The molecule has 0 aliphatic carbocycles. The van der Waals surface area contributed by atoms with Crippen molar-refractivity contribution in [1.29, 1.82) is 0 Å². The number of nitrogens with zero attached hydrogens (tertiary/aromatic N) is 4. The number of rotatable bonds is 9. The van der Waals surface area contributed by atoms with Gasteiger partial charge in [0.2, 0.25) is 0 Å². The number of hydrogen-bond donors (Lipinski definition) is 1. The smallest absolute Gasteiger partial charge is 0.275 e. The van der Waals surface area contributed by atoms with Gasteiger partial charge in [-0.3, -0.25) is 4.79 Å². The molecule has 0 bridgehead atoms. The first-order chi connectivity index (χ1) is 22.8. The number of anilines is 1. The summed E-state index contributed by atoms with van der Waals surface area (Å²) < 4.78 is 43.2. The Bertz CT molecular complexity index is 2430. The van der Waals surface area contributed by atoms with Crippen molar-refractivity contribution >= 4 is 32.3 Å². The van der Waals surface area contributed by atoms with Crippen LogP contribution >= 0.6 is 0 Å². The summed E-state index contributed by atoms with van der Waals surface area (Å²) in [7, 11) is -0.775. The zero-order chi connectivity index (χ0) is 32.7. The lowest BCUT2D eigenvalue weighted by atomic mass is 10.1. The van der Waals surface area contributed by atoms with Crippen LogP contribution in [-0.2, 0) is 23.0 Å². The van der Waals surface area contributed by atoms with E-state index in [1.807, 2.05) is 59.3 Å². The SMILES string of the molecule is COc1ccc(Cn2cc(Cc3ccc(N)cc3)n3cc(-c4cn(S(=O)(=O)c5ccccc5)c5ncccc45)cc3c2=O)c(OC)c1. The molecule has 4 heterocycles. The van der Waals surface area contributed by atoms with Crippen LogP contribution in [0.2, 0.25) is 0 Å². The molecular weight excluding hydrogens is 614 g/mol. The van der Waals surface area contributed by atoms with Crippen molar-refractivity contribution in [3.63, 3.8) is 0 Å². The first-order valence-electron chi connectivity index (χ1n) is 14.8. The third-order valence-electron chi connectivity index (χ3n) is 8.26. The van der Waals surface area contributed by atoms with Gasteiger partial charge in [0.15, 0.2) is 5.65 Å². The standard InChI is InChI=1S/C36H31N5O5S/c1-45-29-15-12-25(34(19-29)46-2)20-39-22-28(17-24-10-13-27(37)14-11-24)40-21-26(18-33(40)36(39)42)32-23-41(35-31(32)9-6-16-38-35)47(43,44)30-7-4-3-5-8-30/h3-16,18-19,21-23H,17,20,37H2,1-2H3. The topological polar surface area (TPSA) is 123 Å². The molecule has 0 fully saturated rings. The molecule has 0 aliphatic rings. The van der Waals surface area contributed by atoms with Crippen molar-refractivity contribution in [3.05, 3.63) is 143 Å². The van der Waals surface area contributed by atoms with Crippen molar-refractivity contribution in [2.75, 3.05) is 20.0 Å². The van der Waals surface area contributed by atoms with Crippen LogP contribution in [0.15, 0.2) is 125 Å². The van der Waals surface area contributed by atoms with Crippen molar-refractivity contribution in [3.8, 4) is 22.6 Å². The van der Waals surface area contributed by atoms with E-state index in [0.29, 0.717) is 51.3 Å². The third-order valence-corrected chi connectivity index (χ3v) is 9.92. The molecule has 4 aromatic heterocycles. The molecule has 0 spiro atoms. The van der Waals surface area contributed by atoms with E-state index >= 15 is 0 Å². The molecule has 7 rings (SSSR count). The van der Waals surface area contributed by atoms with Gasteiger partial charge in [-0.2, -0.15) is 0 Å². The Morgan fingerprint density at radius 2 is 1.64 bits per heavy atom. The summed E-state index contributed by atoms with van der Waals surface area (Å²) >= 11 is 0. The second-order valence-electron chi connectivity index (χ2n) is 11.2. The first-order valence-corrected chi connectivity index (χ1v) is 16.3. The number of nitrogens with two attached hydrogens (primary N) is 1. The minimum Gasteiger partial charge on any atom is -0.497 e. The molecule has 0 aliphatic heterocycles. The number of nitrogen functional groups attached to an aromatic ring is 1. The zero-order valence-corrected chi connectivity index (χ0v) is 26.5. The molecule has 3 aromatic carbocycles. The maximum absolute atomic E-state index is 14.1. The van der Waals surface area contributed by atoms with Crippen LogP contribution in [0.3, 0.4) is 0 Å². The molecule has 10 nitrogen and oxygen atoms in total. The minimum atomic E-state index is -3.95. The van der Waals surface area contributed by atoms with E-state index < -0.39 is 10.0 Å². The Hall–Kier alpha value is -5.81. The number of fused-ring (bicyclic) bond motifs is 2. The van der Waals surface area contributed by atoms with Gasteiger partial charge in [-0.05, 0) is 60.2 Å². The number of aromatic nitrogens is 4. The summed E-state index contributed by atoms with van der Waals surface area (Å²) in [5, 5.41) is 0.645. The van der Waals surface area contributed by atoms with Crippen LogP contribution < -0.4 is 20.8 Å². The zero-order valence-electron chi connectivity index (χ0n) is 25.7. The quantitative estimate of drug-likeness (QED) is 0.203. The number of benzene rings is 3. The summed E-state index contributed by atoms with van der Waals surface area (Å²) in [5.74, 6) is 1.25. The van der Waals surface area contributed by atoms with E-state index in [9.17, 15) is 13.2 Å². The average molecular weight is 646 g/mol. The van der Waals surface area contributed by atoms with E-state index in [2.05, 4.69) is 4.98 Å². The Morgan fingerprint density at radius 3 is 2.38 bits per heavy atom. The summed E-state index contributed by atoms with van der Waals surface area (Å²) in [6.45, 7) is 0.260. The summed E-state index contributed by atoms with van der Waals surface area (Å²) in [6, 6.07) is 26.8. The highest BCUT2D eigenvalue weighted by molar-refractivity contribution is 7.90. The van der Waals surface area contributed by atoms with Crippen LogP contribution in [0, 0.1) is 0 Å². The highest BCUT2D eigenvalue weighted by Crippen LogP contribution is 2.34. The van der Waals surface area contributed by atoms with Crippen molar-refractivity contribution in [1.82, 2.24) is 17.9 Å². The molecule has 7 aromatic rings. The lowest BCUT2D eigenvalue weighted by Crippen LogP contribution is -2.24. The third kappa shape index (κ3) is 5.40. The van der Waals surface area contributed by atoms with E-state index in [1.165, 1.54) is 3.97 Å². The van der Waals surface area contributed by atoms with Crippen molar-refractivity contribution in [2.24, 2.45) is 0 Å². The minimum absolute atomic E-state index is 0.152. The van der Waals surface area contributed by atoms with Crippen LogP contribution in [0.1, 0.15) is 16.8 Å². The van der Waals surface area contributed by atoms with Crippen LogP contribution in [-0.4, -0.2) is 40.6 Å². The fraction of sp³-hybridized carbons (Fsp3) is 0.111. The largest absolute Gasteiger partial charge is 0.497 e. The molecule has 0 radical (unpaired) electrons. The second-order valence-corrected chi connectivity index (χ2v) is 13.0. The lowest BCUT2D eigenvalue weighted by Gasteiger charge is -2.15. The normalized spacial score (nSPS) is 11.7. The predicted octanol–water partition coefficient (Wildman–Crippen LogP) is 5.59. The highest BCUT2D eigenvalue weighted by atomic mass is 32.2. The lowest BCUT2D eigenvalue weighted by molar-refractivity contribution is 0.390.